The minimum absolute atomic E-state index is 0.0392. The second-order valence-electron chi connectivity index (χ2n) is 6.62. The molecule has 0 aliphatic rings. The van der Waals surface area contributed by atoms with Gasteiger partial charge in [0.2, 0.25) is 5.95 Å². The number of halogens is 2. The van der Waals surface area contributed by atoms with Gasteiger partial charge in [-0.15, -0.1) is 0 Å². The summed E-state index contributed by atoms with van der Waals surface area (Å²) in [6.07, 6.45) is 3.29. The molecular weight excluding hydrogens is 448 g/mol. The Hall–Kier alpha value is -4.05. The van der Waals surface area contributed by atoms with E-state index in [0.717, 1.165) is 29.2 Å². The number of amides is 2. The van der Waals surface area contributed by atoms with E-state index in [2.05, 4.69) is 19.9 Å². The standard InChI is InChI=1S/C23H15F2N5O2S/c1-33-23-28-19(18-4-2-3-13-26-18)27-22(29-23)30(20(31)14-5-9-16(24)10-6-14)21(32)15-7-11-17(25)12-8-15/h2-13H,1H3. The van der Waals surface area contributed by atoms with Crippen molar-refractivity contribution in [1.29, 1.82) is 0 Å². The number of carbonyl (C=O) groups excluding carboxylic acids is 2. The van der Waals surface area contributed by atoms with Crippen molar-refractivity contribution in [3.8, 4) is 11.5 Å². The van der Waals surface area contributed by atoms with E-state index in [1.165, 1.54) is 36.0 Å². The van der Waals surface area contributed by atoms with E-state index in [1.54, 1.807) is 30.7 Å². The van der Waals surface area contributed by atoms with E-state index >= 15 is 0 Å². The van der Waals surface area contributed by atoms with E-state index in [0.29, 0.717) is 5.69 Å². The number of anilines is 1. The molecule has 0 saturated heterocycles. The number of carbonyl (C=O) groups is 2. The summed E-state index contributed by atoms with van der Waals surface area (Å²) < 4.78 is 26.8. The van der Waals surface area contributed by atoms with Crippen molar-refractivity contribution in [2.24, 2.45) is 0 Å². The van der Waals surface area contributed by atoms with Crippen LogP contribution in [0.15, 0.2) is 78.1 Å². The molecule has 0 atom stereocenters. The Balaban J connectivity index is 1.87. The van der Waals surface area contributed by atoms with Crippen molar-refractivity contribution in [2.75, 3.05) is 11.2 Å². The van der Waals surface area contributed by atoms with Gasteiger partial charge in [0.15, 0.2) is 11.0 Å². The average Bonchev–Trinajstić information content (AvgIpc) is 2.85. The third-order valence-corrected chi connectivity index (χ3v) is 5.02. The summed E-state index contributed by atoms with van der Waals surface area (Å²) in [6, 6.07) is 14.6. The van der Waals surface area contributed by atoms with Crippen LogP contribution >= 0.6 is 11.8 Å². The summed E-state index contributed by atoms with van der Waals surface area (Å²) in [5, 5.41) is 0.254. The first-order valence-corrected chi connectivity index (χ1v) is 10.8. The molecular formula is C23H15F2N5O2S. The quantitative estimate of drug-likeness (QED) is 0.320. The number of thioether (sulfide) groups is 1. The van der Waals surface area contributed by atoms with Gasteiger partial charge in [-0.2, -0.15) is 9.97 Å². The zero-order valence-electron chi connectivity index (χ0n) is 17.1. The van der Waals surface area contributed by atoms with Crippen LogP contribution in [-0.4, -0.2) is 38.0 Å². The van der Waals surface area contributed by atoms with Crippen molar-refractivity contribution in [1.82, 2.24) is 19.9 Å². The molecule has 0 unspecified atom stereocenters. The first-order valence-electron chi connectivity index (χ1n) is 9.57. The molecule has 0 fully saturated rings. The molecule has 0 N–H and O–H groups in total. The molecule has 2 aromatic carbocycles. The number of benzene rings is 2. The van der Waals surface area contributed by atoms with E-state index in [-0.39, 0.29) is 28.1 Å². The van der Waals surface area contributed by atoms with E-state index in [9.17, 15) is 18.4 Å². The minimum atomic E-state index is -0.783. The van der Waals surface area contributed by atoms with Crippen LogP contribution in [0.1, 0.15) is 20.7 Å². The predicted octanol–water partition coefficient (Wildman–Crippen LogP) is 4.42. The number of pyridine rings is 1. The van der Waals surface area contributed by atoms with Gasteiger partial charge < -0.3 is 0 Å². The van der Waals surface area contributed by atoms with Gasteiger partial charge in [0.05, 0.1) is 0 Å². The van der Waals surface area contributed by atoms with Gasteiger partial charge in [-0.25, -0.2) is 18.7 Å². The molecule has 2 heterocycles. The molecule has 164 valence electrons. The first kappa shape index (κ1) is 22.2. The molecule has 0 spiro atoms. The fourth-order valence-corrected chi connectivity index (χ4v) is 3.21. The number of nitrogens with zero attached hydrogens (tertiary/aromatic N) is 5. The molecule has 0 aliphatic heterocycles. The van der Waals surface area contributed by atoms with E-state index in [4.69, 9.17) is 0 Å². The maximum absolute atomic E-state index is 13.4. The summed E-state index contributed by atoms with van der Waals surface area (Å²) in [6.45, 7) is 0. The molecule has 2 amide bonds. The van der Waals surface area contributed by atoms with Gasteiger partial charge in [0.25, 0.3) is 11.8 Å². The molecule has 0 aliphatic carbocycles. The molecule has 10 heteroatoms. The summed E-state index contributed by atoms with van der Waals surface area (Å²) in [5.41, 5.74) is 0.495. The molecule has 0 saturated carbocycles. The highest BCUT2D eigenvalue weighted by molar-refractivity contribution is 7.98. The second kappa shape index (κ2) is 9.61. The SMILES string of the molecule is CSc1nc(-c2ccccn2)nc(N(C(=O)c2ccc(F)cc2)C(=O)c2ccc(F)cc2)n1. The Morgan fingerprint density at radius 2 is 1.36 bits per heavy atom. The Kier molecular flexibility index (Phi) is 6.45. The second-order valence-corrected chi connectivity index (χ2v) is 7.39. The third kappa shape index (κ3) is 4.90. The Morgan fingerprint density at radius 3 is 1.85 bits per heavy atom. The number of rotatable bonds is 5. The highest BCUT2D eigenvalue weighted by Crippen LogP contribution is 2.23. The largest absolute Gasteiger partial charge is 0.268 e. The van der Waals surface area contributed by atoms with Crippen LogP contribution in [0, 0.1) is 11.6 Å². The Bertz CT molecular complexity index is 1250. The Labute approximate surface area is 191 Å². The topological polar surface area (TPSA) is 88.9 Å². The molecule has 7 nitrogen and oxygen atoms in total. The van der Waals surface area contributed by atoms with Gasteiger partial charge in [-0.05, 0) is 66.9 Å². The number of hydrogen-bond acceptors (Lipinski definition) is 7. The highest BCUT2D eigenvalue weighted by Gasteiger charge is 2.30. The monoisotopic (exact) mass is 463 g/mol. The van der Waals surface area contributed by atoms with Gasteiger partial charge in [0.1, 0.15) is 17.3 Å². The maximum Gasteiger partial charge on any atom is 0.267 e. The number of aromatic nitrogens is 4. The van der Waals surface area contributed by atoms with E-state index in [1.807, 2.05) is 0 Å². The van der Waals surface area contributed by atoms with Crippen LogP contribution in [0.2, 0.25) is 0 Å². The van der Waals surface area contributed by atoms with Crippen LogP contribution in [-0.2, 0) is 0 Å². The van der Waals surface area contributed by atoms with Crippen molar-refractivity contribution in [2.45, 2.75) is 5.16 Å². The van der Waals surface area contributed by atoms with E-state index < -0.39 is 23.4 Å². The summed E-state index contributed by atoms with van der Waals surface area (Å²) >= 11 is 1.19. The molecule has 0 bridgehead atoms. The normalized spacial score (nSPS) is 10.6. The van der Waals surface area contributed by atoms with Crippen molar-refractivity contribution >= 4 is 29.5 Å². The van der Waals surface area contributed by atoms with Crippen molar-refractivity contribution in [3.63, 3.8) is 0 Å². The van der Waals surface area contributed by atoms with Crippen LogP contribution in [0.5, 0.6) is 0 Å². The van der Waals surface area contributed by atoms with Crippen LogP contribution in [0.3, 0.4) is 0 Å². The predicted molar refractivity (Wildman–Crippen MR) is 119 cm³/mol. The molecule has 4 rings (SSSR count). The zero-order chi connectivity index (χ0) is 23.4. The summed E-state index contributed by atoms with van der Waals surface area (Å²) in [5.74, 6) is -2.72. The average molecular weight is 463 g/mol. The smallest absolute Gasteiger partial charge is 0.267 e. The molecule has 4 aromatic rings. The number of hydrogen-bond donors (Lipinski definition) is 0. The van der Waals surface area contributed by atoms with Crippen LogP contribution in [0.4, 0.5) is 14.7 Å². The lowest BCUT2D eigenvalue weighted by Gasteiger charge is -2.20. The first-order chi connectivity index (χ1) is 16.0. The van der Waals surface area contributed by atoms with Crippen LogP contribution in [0.25, 0.3) is 11.5 Å². The fourth-order valence-electron chi connectivity index (χ4n) is 2.86. The lowest BCUT2D eigenvalue weighted by Crippen LogP contribution is -2.38. The van der Waals surface area contributed by atoms with Gasteiger partial charge in [-0.3, -0.25) is 14.6 Å². The van der Waals surface area contributed by atoms with Crippen molar-refractivity contribution < 1.29 is 18.4 Å². The molecule has 2 aromatic heterocycles. The minimum Gasteiger partial charge on any atom is -0.268 e. The Morgan fingerprint density at radius 1 is 0.788 bits per heavy atom. The third-order valence-electron chi connectivity index (χ3n) is 4.47. The fraction of sp³-hybridized carbons (Fsp3) is 0.0435. The molecule has 0 radical (unpaired) electrons. The zero-order valence-corrected chi connectivity index (χ0v) is 18.0. The highest BCUT2D eigenvalue weighted by atomic mass is 32.2. The lowest BCUT2D eigenvalue weighted by molar-refractivity contribution is 0.0895. The summed E-state index contributed by atoms with van der Waals surface area (Å²) in [7, 11) is 0. The van der Waals surface area contributed by atoms with Crippen LogP contribution < -0.4 is 4.90 Å². The van der Waals surface area contributed by atoms with Gasteiger partial charge in [0, 0.05) is 17.3 Å². The van der Waals surface area contributed by atoms with Gasteiger partial charge in [-0.1, -0.05) is 17.8 Å². The lowest BCUT2D eigenvalue weighted by atomic mass is 10.1. The maximum atomic E-state index is 13.4. The van der Waals surface area contributed by atoms with Crippen molar-refractivity contribution in [3.05, 3.63) is 95.7 Å². The van der Waals surface area contributed by atoms with Gasteiger partial charge >= 0.3 is 0 Å². The summed E-state index contributed by atoms with van der Waals surface area (Å²) in [4.78, 5) is 44.6. The molecule has 33 heavy (non-hydrogen) atoms. The number of imide groups is 1.